The van der Waals surface area contributed by atoms with E-state index in [4.69, 9.17) is 4.52 Å². The number of ketones is 1. The standard InChI is InChI=1S/C15H16N2O2/c1-10(14(18)12-5-3-2-4-6-12)15-16-13(17-19-15)9-11-7-8-11/h2-6,10-11H,7-9H2,1H3. The molecule has 0 aliphatic heterocycles. The fourth-order valence-corrected chi connectivity index (χ4v) is 2.07. The van der Waals surface area contributed by atoms with Gasteiger partial charge in [0.15, 0.2) is 11.6 Å². The van der Waals surface area contributed by atoms with Gasteiger partial charge in [0.2, 0.25) is 5.89 Å². The van der Waals surface area contributed by atoms with Crippen LogP contribution >= 0.6 is 0 Å². The van der Waals surface area contributed by atoms with E-state index in [1.807, 2.05) is 25.1 Å². The van der Waals surface area contributed by atoms with Crippen molar-refractivity contribution in [1.82, 2.24) is 10.1 Å². The second-order valence-corrected chi connectivity index (χ2v) is 5.15. The van der Waals surface area contributed by atoms with Crippen LogP contribution in [0.3, 0.4) is 0 Å². The molecule has 1 aromatic carbocycles. The SMILES string of the molecule is CC(C(=O)c1ccccc1)c1nc(CC2CC2)no1. The van der Waals surface area contributed by atoms with E-state index in [-0.39, 0.29) is 11.7 Å². The molecule has 1 saturated carbocycles. The predicted octanol–water partition coefficient (Wildman–Crippen LogP) is 3.01. The summed E-state index contributed by atoms with van der Waals surface area (Å²) in [5, 5.41) is 3.96. The van der Waals surface area contributed by atoms with Crippen LogP contribution < -0.4 is 0 Å². The average molecular weight is 256 g/mol. The number of nitrogens with zero attached hydrogens (tertiary/aromatic N) is 2. The molecule has 3 rings (SSSR count). The molecule has 1 aliphatic carbocycles. The highest BCUT2D eigenvalue weighted by Gasteiger charge is 2.26. The van der Waals surface area contributed by atoms with Gasteiger partial charge in [0, 0.05) is 12.0 Å². The number of hydrogen-bond donors (Lipinski definition) is 0. The highest BCUT2D eigenvalue weighted by molar-refractivity contribution is 6.00. The normalized spacial score (nSPS) is 16.3. The molecule has 0 bridgehead atoms. The Bertz CT molecular complexity index is 573. The molecule has 0 spiro atoms. The van der Waals surface area contributed by atoms with Gasteiger partial charge >= 0.3 is 0 Å². The van der Waals surface area contributed by atoms with Crippen LogP contribution in [0.1, 0.15) is 47.8 Å². The third-order valence-corrected chi connectivity index (χ3v) is 3.47. The quantitative estimate of drug-likeness (QED) is 0.772. The number of carbonyl (C=O) groups is 1. The van der Waals surface area contributed by atoms with Crippen molar-refractivity contribution in [3.8, 4) is 0 Å². The zero-order chi connectivity index (χ0) is 13.2. The molecule has 4 heteroatoms. The molecule has 1 heterocycles. The van der Waals surface area contributed by atoms with Gasteiger partial charge in [-0.3, -0.25) is 4.79 Å². The number of aromatic nitrogens is 2. The third-order valence-electron chi connectivity index (χ3n) is 3.47. The summed E-state index contributed by atoms with van der Waals surface area (Å²) in [7, 11) is 0. The van der Waals surface area contributed by atoms with Crippen LogP contribution in [0, 0.1) is 5.92 Å². The summed E-state index contributed by atoms with van der Waals surface area (Å²) < 4.78 is 5.22. The molecule has 1 aromatic heterocycles. The highest BCUT2D eigenvalue weighted by Crippen LogP contribution is 2.32. The monoisotopic (exact) mass is 256 g/mol. The molecule has 0 radical (unpaired) electrons. The third kappa shape index (κ3) is 2.72. The zero-order valence-electron chi connectivity index (χ0n) is 10.9. The smallest absolute Gasteiger partial charge is 0.237 e. The van der Waals surface area contributed by atoms with Crippen molar-refractivity contribution in [3.05, 3.63) is 47.6 Å². The summed E-state index contributed by atoms with van der Waals surface area (Å²) in [5.74, 6) is 1.49. The summed E-state index contributed by atoms with van der Waals surface area (Å²) >= 11 is 0. The van der Waals surface area contributed by atoms with Crippen molar-refractivity contribution in [2.75, 3.05) is 0 Å². The summed E-state index contributed by atoms with van der Waals surface area (Å²) in [6.07, 6.45) is 3.38. The predicted molar refractivity (Wildman–Crippen MR) is 69.9 cm³/mol. The first-order chi connectivity index (χ1) is 9.24. The van der Waals surface area contributed by atoms with E-state index in [0.717, 1.165) is 12.2 Å². The fourth-order valence-electron chi connectivity index (χ4n) is 2.07. The average Bonchev–Trinajstić information content (AvgIpc) is 3.14. The van der Waals surface area contributed by atoms with E-state index in [9.17, 15) is 4.79 Å². The van der Waals surface area contributed by atoms with E-state index in [1.165, 1.54) is 12.8 Å². The highest BCUT2D eigenvalue weighted by atomic mass is 16.5. The van der Waals surface area contributed by atoms with Crippen LogP contribution in [0.4, 0.5) is 0 Å². The lowest BCUT2D eigenvalue weighted by atomic mass is 9.99. The van der Waals surface area contributed by atoms with Gasteiger partial charge in [0.05, 0.1) is 5.92 Å². The Balaban J connectivity index is 1.73. The molecular formula is C15H16N2O2. The van der Waals surface area contributed by atoms with Gasteiger partial charge in [-0.1, -0.05) is 35.5 Å². The molecule has 1 aliphatic rings. The second-order valence-electron chi connectivity index (χ2n) is 5.15. The van der Waals surface area contributed by atoms with Crippen molar-refractivity contribution in [2.45, 2.75) is 32.1 Å². The van der Waals surface area contributed by atoms with Crippen LogP contribution in [0.2, 0.25) is 0 Å². The maximum absolute atomic E-state index is 12.3. The van der Waals surface area contributed by atoms with Gasteiger partial charge in [0.1, 0.15) is 0 Å². The van der Waals surface area contributed by atoms with Crippen LogP contribution in [0.15, 0.2) is 34.9 Å². The Kier molecular flexibility index (Phi) is 3.15. The molecular weight excluding hydrogens is 240 g/mol. The van der Waals surface area contributed by atoms with E-state index >= 15 is 0 Å². The van der Waals surface area contributed by atoms with Crippen LogP contribution in [-0.4, -0.2) is 15.9 Å². The molecule has 0 N–H and O–H groups in total. The Morgan fingerprint density at radius 2 is 2.11 bits per heavy atom. The van der Waals surface area contributed by atoms with Crippen molar-refractivity contribution < 1.29 is 9.32 Å². The van der Waals surface area contributed by atoms with Crippen LogP contribution in [0.5, 0.6) is 0 Å². The topological polar surface area (TPSA) is 56.0 Å². The van der Waals surface area contributed by atoms with E-state index in [1.54, 1.807) is 12.1 Å². The second kappa shape index (κ2) is 4.96. The molecule has 0 amide bonds. The first-order valence-corrected chi connectivity index (χ1v) is 6.66. The van der Waals surface area contributed by atoms with Crippen LogP contribution in [0.25, 0.3) is 0 Å². The first-order valence-electron chi connectivity index (χ1n) is 6.66. The lowest BCUT2D eigenvalue weighted by Gasteiger charge is -2.04. The first kappa shape index (κ1) is 12.1. The maximum Gasteiger partial charge on any atom is 0.237 e. The minimum Gasteiger partial charge on any atom is -0.339 e. The van der Waals surface area contributed by atoms with Gasteiger partial charge in [-0.05, 0) is 25.7 Å². The number of Topliss-reactive ketones (excluding diaryl/α,β-unsaturated/α-hetero) is 1. The minimum absolute atomic E-state index is 0.0159. The fraction of sp³-hybridized carbons (Fsp3) is 0.400. The molecule has 1 fully saturated rings. The zero-order valence-corrected chi connectivity index (χ0v) is 10.9. The number of rotatable bonds is 5. The van der Waals surface area contributed by atoms with Gasteiger partial charge < -0.3 is 4.52 Å². The number of carbonyl (C=O) groups excluding carboxylic acids is 1. The van der Waals surface area contributed by atoms with Gasteiger partial charge in [-0.2, -0.15) is 4.98 Å². The molecule has 2 aromatic rings. The molecule has 4 nitrogen and oxygen atoms in total. The van der Waals surface area contributed by atoms with E-state index in [0.29, 0.717) is 17.4 Å². The largest absolute Gasteiger partial charge is 0.339 e. The summed E-state index contributed by atoms with van der Waals surface area (Å²) in [4.78, 5) is 16.6. The van der Waals surface area contributed by atoms with Crippen molar-refractivity contribution in [1.29, 1.82) is 0 Å². The Morgan fingerprint density at radius 3 is 2.79 bits per heavy atom. The van der Waals surface area contributed by atoms with Crippen molar-refractivity contribution in [2.24, 2.45) is 5.92 Å². The van der Waals surface area contributed by atoms with E-state index < -0.39 is 0 Å². The van der Waals surface area contributed by atoms with Crippen molar-refractivity contribution >= 4 is 5.78 Å². The van der Waals surface area contributed by atoms with Crippen molar-refractivity contribution in [3.63, 3.8) is 0 Å². The maximum atomic E-state index is 12.3. The van der Waals surface area contributed by atoms with Gasteiger partial charge in [0.25, 0.3) is 0 Å². The number of hydrogen-bond acceptors (Lipinski definition) is 4. The molecule has 98 valence electrons. The molecule has 19 heavy (non-hydrogen) atoms. The Labute approximate surface area is 111 Å². The Hall–Kier alpha value is -1.97. The van der Waals surface area contributed by atoms with Gasteiger partial charge in [-0.15, -0.1) is 0 Å². The molecule has 1 unspecified atom stereocenters. The lowest BCUT2D eigenvalue weighted by Crippen LogP contribution is -2.10. The molecule has 0 saturated heterocycles. The van der Waals surface area contributed by atoms with Crippen LogP contribution in [-0.2, 0) is 6.42 Å². The summed E-state index contributed by atoms with van der Waals surface area (Å²) in [5.41, 5.74) is 0.678. The summed E-state index contributed by atoms with van der Waals surface area (Å²) in [6.45, 7) is 1.81. The summed E-state index contributed by atoms with van der Waals surface area (Å²) in [6, 6.07) is 9.21. The molecule has 1 atom stereocenters. The minimum atomic E-state index is -0.386. The number of benzene rings is 1. The van der Waals surface area contributed by atoms with Gasteiger partial charge in [-0.25, -0.2) is 0 Å². The lowest BCUT2D eigenvalue weighted by molar-refractivity contribution is 0.0951. The van der Waals surface area contributed by atoms with E-state index in [2.05, 4.69) is 10.1 Å². The Morgan fingerprint density at radius 1 is 1.37 bits per heavy atom.